The summed E-state index contributed by atoms with van der Waals surface area (Å²) in [4.78, 5) is 11.7. The van der Waals surface area contributed by atoms with Gasteiger partial charge in [-0.25, -0.2) is 17.6 Å². The molecule has 0 aliphatic carbocycles. The van der Waals surface area contributed by atoms with Crippen molar-refractivity contribution in [3.05, 3.63) is 70.3 Å². The molecule has 0 saturated carbocycles. The first-order valence-corrected chi connectivity index (χ1v) is 6.07. The van der Waals surface area contributed by atoms with Crippen molar-refractivity contribution in [1.29, 1.82) is 0 Å². The van der Waals surface area contributed by atoms with Crippen molar-refractivity contribution in [2.24, 2.45) is 0 Å². The van der Waals surface area contributed by atoms with Crippen molar-refractivity contribution in [2.75, 3.05) is 0 Å². The van der Waals surface area contributed by atoms with Gasteiger partial charge in [0, 0.05) is 6.54 Å². The van der Waals surface area contributed by atoms with E-state index in [2.05, 4.69) is 5.32 Å². The number of aryl methyl sites for hydroxylation is 1. The van der Waals surface area contributed by atoms with Gasteiger partial charge in [-0.05, 0) is 18.6 Å². The maximum absolute atomic E-state index is 13.4. The van der Waals surface area contributed by atoms with Gasteiger partial charge >= 0.3 is 0 Å². The first kappa shape index (κ1) is 15.0. The van der Waals surface area contributed by atoms with Crippen LogP contribution in [0.5, 0.6) is 0 Å². The molecule has 0 bridgehead atoms. The van der Waals surface area contributed by atoms with E-state index < -0.39 is 34.7 Å². The first-order valence-electron chi connectivity index (χ1n) is 6.07. The average Bonchev–Trinajstić information content (AvgIpc) is 2.48. The molecular formula is C15H11F4NO. The summed E-state index contributed by atoms with van der Waals surface area (Å²) >= 11 is 0. The van der Waals surface area contributed by atoms with Gasteiger partial charge in [-0.1, -0.05) is 29.8 Å². The predicted octanol–water partition coefficient (Wildman–Crippen LogP) is 3.48. The summed E-state index contributed by atoms with van der Waals surface area (Å²) in [5.41, 5.74) is 0.884. The molecule has 0 radical (unpaired) electrons. The Hall–Kier alpha value is -2.37. The SMILES string of the molecule is Cc1ccc(CNC(=O)c2cc(F)c(F)c(F)c2F)cc1. The summed E-state index contributed by atoms with van der Waals surface area (Å²) in [5.74, 6) is -8.30. The zero-order chi connectivity index (χ0) is 15.6. The van der Waals surface area contributed by atoms with Gasteiger partial charge in [0.05, 0.1) is 5.56 Å². The minimum absolute atomic E-state index is 0.0547. The van der Waals surface area contributed by atoms with Crippen molar-refractivity contribution >= 4 is 5.91 Å². The lowest BCUT2D eigenvalue weighted by atomic mass is 10.1. The van der Waals surface area contributed by atoms with Crippen molar-refractivity contribution < 1.29 is 22.4 Å². The Balaban J connectivity index is 2.16. The standard InChI is InChI=1S/C15H11F4NO/c1-8-2-4-9(5-3-8)7-20-15(21)10-6-11(16)13(18)14(19)12(10)17/h2-6H,7H2,1H3,(H,20,21). The van der Waals surface area contributed by atoms with Gasteiger partial charge in [0.2, 0.25) is 0 Å². The Morgan fingerprint density at radius 1 is 1.00 bits per heavy atom. The van der Waals surface area contributed by atoms with E-state index in [-0.39, 0.29) is 6.54 Å². The fraction of sp³-hybridized carbons (Fsp3) is 0.133. The number of nitrogens with one attached hydrogen (secondary N) is 1. The summed E-state index contributed by atoms with van der Waals surface area (Å²) in [6.45, 7) is 1.95. The second-order valence-corrected chi connectivity index (χ2v) is 4.52. The molecule has 2 rings (SSSR count). The third kappa shape index (κ3) is 3.21. The molecular weight excluding hydrogens is 286 g/mol. The van der Waals surface area contributed by atoms with Crippen LogP contribution in [0, 0.1) is 30.2 Å². The Morgan fingerprint density at radius 2 is 1.62 bits per heavy atom. The third-order valence-electron chi connectivity index (χ3n) is 2.92. The maximum atomic E-state index is 13.4. The lowest BCUT2D eigenvalue weighted by Crippen LogP contribution is -2.24. The Labute approximate surface area is 118 Å². The van der Waals surface area contributed by atoms with Gasteiger partial charge in [0.25, 0.3) is 5.91 Å². The molecule has 0 unspecified atom stereocenters. The molecule has 0 spiro atoms. The zero-order valence-electron chi connectivity index (χ0n) is 11.0. The highest BCUT2D eigenvalue weighted by Crippen LogP contribution is 2.18. The van der Waals surface area contributed by atoms with Gasteiger partial charge in [0.1, 0.15) is 0 Å². The van der Waals surface area contributed by atoms with Crippen LogP contribution in [0.2, 0.25) is 0 Å². The van der Waals surface area contributed by atoms with E-state index in [1.54, 1.807) is 12.1 Å². The molecule has 0 aliphatic rings. The number of hydrogen-bond donors (Lipinski definition) is 1. The van der Waals surface area contributed by atoms with E-state index in [9.17, 15) is 22.4 Å². The van der Waals surface area contributed by atoms with Crippen LogP contribution < -0.4 is 5.32 Å². The van der Waals surface area contributed by atoms with Crippen LogP contribution >= 0.6 is 0 Å². The van der Waals surface area contributed by atoms with Gasteiger partial charge in [0.15, 0.2) is 23.3 Å². The lowest BCUT2D eigenvalue weighted by molar-refractivity contribution is 0.0944. The second kappa shape index (κ2) is 5.95. The Bertz CT molecular complexity index is 683. The van der Waals surface area contributed by atoms with Crippen molar-refractivity contribution in [3.63, 3.8) is 0 Å². The van der Waals surface area contributed by atoms with Crippen LogP contribution in [-0.2, 0) is 6.54 Å². The average molecular weight is 297 g/mol. The minimum atomic E-state index is -2.00. The number of carbonyl (C=O) groups is 1. The van der Waals surface area contributed by atoms with Crippen LogP contribution in [0.4, 0.5) is 17.6 Å². The fourth-order valence-electron chi connectivity index (χ4n) is 1.72. The second-order valence-electron chi connectivity index (χ2n) is 4.52. The molecule has 0 aliphatic heterocycles. The number of hydrogen-bond acceptors (Lipinski definition) is 1. The van der Waals surface area contributed by atoms with Gasteiger partial charge in [-0.15, -0.1) is 0 Å². The van der Waals surface area contributed by atoms with E-state index in [4.69, 9.17) is 0 Å². The predicted molar refractivity (Wildman–Crippen MR) is 68.6 cm³/mol. The minimum Gasteiger partial charge on any atom is -0.348 e. The van der Waals surface area contributed by atoms with E-state index in [1.807, 2.05) is 19.1 Å². The molecule has 2 aromatic rings. The van der Waals surface area contributed by atoms with E-state index in [1.165, 1.54) is 0 Å². The van der Waals surface area contributed by atoms with Crippen LogP contribution in [0.1, 0.15) is 21.5 Å². The Kier molecular flexibility index (Phi) is 4.26. The summed E-state index contributed by atoms with van der Waals surface area (Å²) < 4.78 is 52.3. The summed E-state index contributed by atoms with van der Waals surface area (Å²) in [6.07, 6.45) is 0. The molecule has 0 fully saturated rings. The molecule has 110 valence electrons. The van der Waals surface area contributed by atoms with Crippen LogP contribution in [0.15, 0.2) is 30.3 Å². The van der Waals surface area contributed by atoms with E-state index in [0.29, 0.717) is 6.07 Å². The van der Waals surface area contributed by atoms with Crippen molar-refractivity contribution in [1.82, 2.24) is 5.32 Å². The highest BCUT2D eigenvalue weighted by molar-refractivity contribution is 5.94. The van der Waals surface area contributed by atoms with E-state index in [0.717, 1.165) is 11.1 Å². The summed E-state index contributed by atoms with van der Waals surface area (Å²) in [5, 5.41) is 2.31. The maximum Gasteiger partial charge on any atom is 0.254 e. The topological polar surface area (TPSA) is 29.1 Å². The van der Waals surface area contributed by atoms with Gasteiger partial charge in [-0.2, -0.15) is 0 Å². The monoisotopic (exact) mass is 297 g/mol. The summed E-state index contributed by atoms with van der Waals surface area (Å²) in [7, 11) is 0. The normalized spacial score (nSPS) is 10.5. The Morgan fingerprint density at radius 3 is 2.24 bits per heavy atom. The zero-order valence-corrected chi connectivity index (χ0v) is 11.0. The number of halogens is 4. The third-order valence-corrected chi connectivity index (χ3v) is 2.92. The van der Waals surface area contributed by atoms with Crippen LogP contribution in [0.3, 0.4) is 0 Å². The molecule has 6 heteroatoms. The number of carbonyl (C=O) groups excluding carboxylic acids is 1. The molecule has 0 aromatic heterocycles. The van der Waals surface area contributed by atoms with Crippen LogP contribution in [-0.4, -0.2) is 5.91 Å². The number of benzene rings is 2. The van der Waals surface area contributed by atoms with Crippen molar-refractivity contribution in [3.8, 4) is 0 Å². The molecule has 0 saturated heterocycles. The number of rotatable bonds is 3. The van der Waals surface area contributed by atoms with Gasteiger partial charge < -0.3 is 5.32 Å². The molecule has 2 aromatic carbocycles. The fourth-order valence-corrected chi connectivity index (χ4v) is 1.72. The smallest absolute Gasteiger partial charge is 0.254 e. The largest absolute Gasteiger partial charge is 0.348 e. The summed E-state index contributed by atoms with van der Waals surface area (Å²) in [6, 6.07) is 7.46. The first-order chi connectivity index (χ1) is 9.90. The highest BCUT2D eigenvalue weighted by Gasteiger charge is 2.22. The quantitative estimate of drug-likeness (QED) is 0.524. The molecule has 0 atom stereocenters. The number of amides is 1. The molecule has 0 heterocycles. The lowest BCUT2D eigenvalue weighted by Gasteiger charge is -2.08. The molecule has 1 amide bonds. The van der Waals surface area contributed by atoms with E-state index >= 15 is 0 Å². The molecule has 21 heavy (non-hydrogen) atoms. The molecule has 1 N–H and O–H groups in total. The van der Waals surface area contributed by atoms with Gasteiger partial charge in [-0.3, -0.25) is 4.79 Å². The van der Waals surface area contributed by atoms with Crippen LogP contribution in [0.25, 0.3) is 0 Å². The molecule has 2 nitrogen and oxygen atoms in total. The van der Waals surface area contributed by atoms with Crippen molar-refractivity contribution in [2.45, 2.75) is 13.5 Å². The highest BCUT2D eigenvalue weighted by atomic mass is 19.2.